The maximum Gasteiger partial charge on any atom is 0.258 e. The molecule has 106 valence electrons. The molecule has 0 N–H and O–H groups in total. The van der Waals surface area contributed by atoms with Crippen LogP contribution in [0.5, 0.6) is 5.75 Å². The lowest BCUT2D eigenvalue weighted by Crippen LogP contribution is -1.85. The van der Waals surface area contributed by atoms with Crippen molar-refractivity contribution in [3.63, 3.8) is 0 Å². The van der Waals surface area contributed by atoms with Gasteiger partial charge in [-0.3, -0.25) is 0 Å². The van der Waals surface area contributed by atoms with Gasteiger partial charge in [-0.25, -0.2) is 0 Å². The van der Waals surface area contributed by atoms with Crippen molar-refractivity contribution in [3.05, 3.63) is 60.2 Å². The number of nitrogens with zero attached hydrogens (tertiary/aromatic N) is 2. The highest BCUT2D eigenvalue weighted by Gasteiger charge is 2.08. The fourth-order valence-electron chi connectivity index (χ4n) is 1.84. The molecule has 0 saturated heterocycles. The first-order valence-electron chi connectivity index (χ1n) is 6.50. The predicted octanol–water partition coefficient (Wildman–Crippen LogP) is 4.04. The van der Waals surface area contributed by atoms with Crippen LogP contribution < -0.4 is 4.74 Å². The second kappa shape index (κ2) is 6.45. The van der Waals surface area contributed by atoms with E-state index < -0.39 is 0 Å². The van der Waals surface area contributed by atoms with Gasteiger partial charge in [0.05, 0.1) is 7.11 Å². The van der Waals surface area contributed by atoms with Gasteiger partial charge >= 0.3 is 0 Å². The number of thioether (sulfide) groups is 1. The zero-order valence-electron chi connectivity index (χ0n) is 11.5. The van der Waals surface area contributed by atoms with Crippen LogP contribution in [-0.2, 0) is 5.75 Å². The smallest absolute Gasteiger partial charge is 0.258 e. The van der Waals surface area contributed by atoms with Crippen LogP contribution in [0.25, 0.3) is 11.5 Å². The molecule has 0 bridgehead atoms. The van der Waals surface area contributed by atoms with Crippen molar-refractivity contribution in [3.8, 4) is 17.2 Å². The Balaban J connectivity index is 1.64. The molecule has 1 aromatic heterocycles. The highest BCUT2D eigenvalue weighted by atomic mass is 32.2. The summed E-state index contributed by atoms with van der Waals surface area (Å²) in [4.78, 5) is 4.39. The number of rotatable bonds is 5. The van der Waals surface area contributed by atoms with Gasteiger partial charge in [-0.15, -0.1) is 0 Å². The minimum absolute atomic E-state index is 0.549. The number of methoxy groups -OCH3 is 1. The summed E-state index contributed by atoms with van der Waals surface area (Å²) >= 11 is 1.55. The molecular formula is C16H14N2O2S. The van der Waals surface area contributed by atoms with Gasteiger partial charge in [0, 0.05) is 11.3 Å². The van der Waals surface area contributed by atoms with Crippen molar-refractivity contribution in [1.29, 1.82) is 0 Å². The van der Waals surface area contributed by atoms with Gasteiger partial charge in [0.1, 0.15) is 5.75 Å². The summed E-state index contributed by atoms with van der Waals surface area (Å²) < 4.78 is 10.4. The molecule has 0 amide bonds. The van der Waals surface area contributed by atoms with Crippen molar-refractivity contribution in [2.24, 2.45) is 0 Å². The van der Waals surface area contributed by atoms with Gasteiger partial charge < -0.3 is 9.26 Å². The van der Waals surface area contributed by atoms with Crippen LogP contribution in [0.15, 0.2) is 64.3 Å². The molecule has 0 spiro atoms. The molecule has 4 nitrogen and oxygen atoms in total. The summed E-state index contributed by atoms with van der Waals surface area (Å²) in [5.41, 5.74) is 2.12. The van der Waals surface area contributed by atoms with Crippen LogP contribution in [0.2, 0.25) is 0 Å². The standard InChI is InChI=1S/C16H14N2O2S/c1-19-14-9-7-12(8-10-14)11-21-16-17-15(20-18-16)13-5-3-2-4-6-13/h2-10H,11H2,1H3. The fourth-order valence-corrected chi connectivity index (χ4v) is 2.56. The molecule has 2 aromatic carbocycles. The zero-order valence-corrected chi connectivity index (χ0v) is 12.3. The van der Waals surface area contributed by atoms with Gasteiger partial charge in [-0.1, -0.05) is 42.1 Å². The fraction of sp³-hybridized carbons (Fsp3) is 0.125. The first-order valence-corrected chi connectivity index (χ1v) is 7.48. The van der Waals surface area contributed by atoms with E-state index in [1.54, 1.807) is 18.9 Å². The van der Waals surface area contributed by atoms with E-state index in [4.69, 9.17) is 9.26 Å². The quantitative estimate of drug-likeness (QED) is 0.665. The van der Waals surface area contributed by atoms with E-state index in [2.05, 4.69) is 10.1 Å². The molecule has 0 aliphatic carbocycles. The number of hydrogen-bond donors (Lipinski definition) is 0. The van der Waals surface area contributed by atoms with E-state index in [0.29, 0.717) is 11.0 Å². The van der Waals surface area contributed by atoms with Crippen molar-refractivity contribution < 1.29 is 9.26 Å². The number of ether oxygens (including phenoxy) is 1. The Bertz CT molecular complexity index is 696. The Morgan fingerprint density at radius 3 is 2.52 bits per heavy atom. The lowest BCUT2D eigenvalue weighted by Gasteiger charge is -2.01. The van der Waals surface area contributed by atoms with E-state index in [0.717, 1.165) is 17.1 Å². The molecule has 5 heteroatoms. The van der Waals surface area contributed by atoms with Crippen molar-refractivity contribution in [1.82, 2.24) is 10.1 Å². The maximum atomic E-state index is 5.27. The molecule has 1 heterocycles. The predicted molar refractivity (Wildman–Crippen MR) is 82.3 cm³/mol. The van der Waals surface area contributed by atoms with Crippen LogP contribution >= 0.6 is 11.8 Å². The van der Waals surface area contributed by atoms with Crippen LogP contribution in [0, 0.1) is 0 Å². The Morgan fingerprint density at radius 1 is 1.05 bits per heavy atom. The van der Waals surface area contributed by atoms with Gasteiger partial charge in [-0.05, 0) is 35.0 Å². The molecule has 0 fully saturated rings. The Morgan fingerprint density at radius 2 is 1.81 bits per heavy atom. The molecule has 3 aromatic rings. The van der Waals surface area contributed by atoms with E-state index in [1.807, 2.05) is 54.6 Å². The summed E-state index contributed by atoms with van der Waals surface area (Å²) in [5, 5.41) is 4.64. The molecule has 0 unspecified atom stereocenters. The van der Waals surface area contributed by atoms with Crippen LogP contribution in [0.1, 0.15) is 5.56 Å². The van der Waals surface area contributed by atoms with Gasteiger partial charge in [-0.2, -0.15) is 4.98 Å². The highest BCUT2D eigenvalue weighted by Crippen LogP contribution is 2.24. The van der Waals surface area contributed by atoms with E-state index in [-0.39, 0.29) is 0 Å². The minimum atomic E-state index is 0.549. The molecule has 0 aliphatic rings. The Labute approximate surface area is 127 Å². The molecule has 0 saturated carbocycles. The third kappa shape index (κ3) is 3.44. The number of benzene rings is 2. The zero-order chi connectivity index (χ0) is 14.5. The Kier molecular flexibility index (Phi) is 4.21. The normalized spacial score (nSPS) is 10.5. The average molecular weight is 298 g/mol. The molecular weight excluding hydrogens is 284 g/mol. The van der Waals surface area contributed by atoms with Crippen LogP contribution in [-0.4, -0.2) is 17.3 Å². The summed E-state index contributed by atoms with van der Waals surface area (Å²) in [6, 6.07) is 17.7. The lowest BCUT2D eigenvalue weighted by molar-refractivity contribution is 0.414. The summed E-state index contributed by atoms with van der Waals surface area (Å²) in [7, 11) is 1.66. The maximum absolute atomic E-state index is 5.27. The SMILES string of the molecule is COc1ccc(CSc2noc(-c3ccccc3)n2)cc1. The second-order valence-electron chi connectivity index (χ2n) is 4.38. The molecule has 0 atom stereocenters. The topological polar surface area (TPSA) is 48.2 Å². The summed E-state index contributed by atoms with van der Waals surface area (Å²) in [5.74, 6) is 2.19. The van der Waals surface area contributed by atoms with E-state index in [1.165, 1.54) is 5.56 Å². The van der Waals surface area contributed by atoms with E-state index in [9.17, 15) is 0 Å². The van der Waals surface area contributed by atoms with E-state index >= 15 is 0 Å². The highest BCUT2D eigenvalue weighted by molar-refractivity contribution is 7.98. The molecule has 0 radical (unpaired) electrons. The molecule has 3 rings (SSSR count). The lowest BCUT2D eigenvalue weighted by atomic mass is 10.2. The number of hydrogen-bond acceptors (Lipinski definition) is 5. The van der Waals surface area contributed by atoms with Crippen LogP contribution in [0.4, 0.5) is 0 Å². The van der Waals surface area contributed by atoms with Crippen molar-refractivity contribution >= 4 is 11.8 Å². The average Bonchev–Trinajstić information content (AvgIpc) is 3.03. The monoisotopic (exact) mass is 298 g/mol. The van der Waals surface area contributed by atoms with Crippen molar-refractivity contribution in [2.45, 2.75) is 10.9 Å². The molecule has 21 heavy (non-hydrogen) atoms. The summed E-state index contributed by atoms with van der Waals surface area (Å²) in [6.45, 7) is 0. The second-order valence-corrected chi connectivity index (χ2v) is 5.33. The third-order valence-electron chi connectivity index (χ3n) is 2.96. The van der Waals surface area contributed by atoms with Gasteiger partial charge in [0.2, 0.25) is 5.16 Å². The van der Waals surface area contributed by atoms with Crippen molar-refractivity contribution in [2.75, 3.05) is 7.11 Å². The van der Waals surface area contributed by atoms with Crippen LogP contribution in [0.3, 0.4) is 0 Å². The first-order chi connectivity index (χ1) is 10.3. The van der Waals surface area contributed by atoms with Gasteiger partial charge in [0.25, 0.3) is 5.89 Å². The molecule has 0 aliphatic heterocycles. The minimum Gasteiger partial charge on any atom is -0.497 e. The Hall–Kier alpha value is -2.27. The van der Waals surface area contributed by atoms with Gasteiger partial charge in [0.15, 0.2) is 0 Å². The largest absolute Gasteiger partial charge is 0.497 e. The third-order valence-corrected chi connectivity index (χ3v) is 3.86. The number of aromatic nitrogens is 2. The first kappa shape index (κ1) is 13.7. The summed E-state index contributed by atoms with van der Waals surface area (Å²) in [6.07, 6.45) is 0.